The molecule has 0 bridgehead atoms. The van der Waals surface area contributed by atoms with Crippen molar-refractivity contribution in [2.45, 2.75) is 39.5 Å². The van der Waals surface area contributed by atoms with Crippen molar-refractivity contribution in [2.24, 2.45) is 5.92 Å². The number of anilines is 1. The second-order valence-electron chi connectivity index (χ2n) is 6.01. The Labute approximate surface area is 127 Å². The Balaban J connectivity index is 1.96. The average molecular weight is 290 g/mol. The zero-order chi connectivity index (χ0) is 15.2. The number of hydrogen-bond donors (Lipinski definition) is 0. The van der Waals surface area contributed by atoms with Crippen molar-refractivity contribution < 1.29 is 4.79 Å². The lowest BCUT2D eigenvalue weighted by molar-refractivity contribution is 0.0691. The minimum Gasteiger partial charge on any atom is -0.358 e. The highest BCUT2D eigenvalue weighted by Gasteiger charge is 2.22. The van der Waals surface area contributed by atoms with E-state index in [9.17, 15) is 4.79 Å². The third-order valence-corrected chi connectivity index (χ3v) is 4.17. The molecule has 1 aliphatic heterocycles. The summed E-state index contributed by atoms with van der Waals surface area (Å²) >= 11 is 0. The van der Waals surface area contributed by atoms with Gasteiger partial charge in [-0.05, 0) is 25.2 Å². The molecule has 0 spiro atoms. The van der Waals surface area contributed by atoms with Crippen molar-refractivity contribution in [2.75, 3.05) is 31.6 Å². The molecule has 116 valence electrons. The van der Waals surface area contributed by atoms with Gasteiger partial charge in [-0.2, -0.15) is 0 Å². The van der Waals surface area contributed by atoms with Crippen molar-refractivity contribution in [1.29, 1.82) is 0 Å². The predicted molar refractivity (Wildman–Crippen MR) is 84.5 cm³/mol. The Morgan fingerprint density at radius 3 is 2.62 bits per heavy atom. The SMILES string of the molecule is CCCCN(C)c1cnc(C(=O)N2CCC(C)CC2)cn1. The number of carbonyl (C=O) groups is 1. The second-order valence-corrected chi connectivity index (χ2v) is 6.01. The fourth-order valence-corrected chi connectivity index (χ4v) is 2.51. The molecule has 2 heterocycles. The maximum Gasteiger partial charge on any atom is 0.274 e. The summed E-state index contributed by atoms with van der Waals surface area (Å²) in [6.07, 6.45) is 7.76. The summed E-state index contributed by atoms with van der Waals surface area (Å²) in [4.78, 5) is 25.0. The molecule has 1 fully saturated rings. The number of piperidine rings is 1. The lowest BCUT2D eigenvalue weighted by Gasteiger charge is -2.30. The number of unbranched alkanes of at least 4 members (excludes halogenated alkanes) is 1. The molecule has 2 rings (SSSR count). The van der Waals surface area contributed by atoms with Gasteiger partial charge in [-0.15, -0.1) is 0 Å². The van der Waals surface area contributed by atoms with Crippen molar-refractivity contribution in [1.82, 2.24) is 14.9 Å². The highest BCUT2D eigenvalue weighted by Crippen LogP contribution is 2.18. The molecule has 1 aromatic heterocycles. The highest BCUT2D eigenvalue weighted by molar-refractivity contribution is 5.92. The standard InChI is InChI=1S/C16H26N4O/c1-4-5-8-19(3)15-12-17-14(11-18-15)16(21)20-9-6-13(2)7-10-20/h11-13H,4-10H2,1-3H3. The summed E-state index contributed by atoms with van der Waals surface area (Å²) in [5.41, 5.74) is 0.456. The van der Waals surface area contributed by atoms with Crippen LogP contribution >= 0.6 is 0 Å². The number of likely N-dealkylation sites (tertiary alicyclic amines) is 1. The topological polar surface area (TPSA) is 49.3 Å². The van der Waals surface area contributed by atoms with Gasteiger partial charge < -0.3 is 9.80 Å². The summed E-state index contributed by atoms with van der Waals surface area (Å²) in [7, 11) is 2.01. The minimum absolute atomic E-state index is 0.0113. The Kier molecular flexibility index (Phi) is 5.53. The molecular formula is C16H26N4O. The second kappa shape index (κ2) is 7.38. The van der Waals surface area contributed by atoms with E-state index in [-0.39, 0.29) is 5.91 Å². The average Bonchev–Trinajstić information content (AvgIpc) is 2.53. The van der Waals surface area contributed by atoms with Gasteiger partial charge in [0.2, 0.25) is 0 Å². The number of hydrogen-bond acceptors (Lipinski definition) is 4. The fraction of sp³-hybridized carbons (Fsp3) is 0.688. The Bertz CT molecular complexity index is 452. The molecular weight excluding hydrogens is 264 g/mol. The minimum atomic E-state index is 0.0113. The lowest BCUT2D eigenvalue weighted by Crippen LogP contribution is -2.38. The van der Waals surface area contributed by atoms with Crippen molar-refractivity contribution in [3.8, 4) is 0 Å². The number of amides is 1. The monoisotopic (exact) mass is 290 g/mol. The molecule has 5 nitrogen and oxygen atoms in total. The number of aromatic nitrogens is 2. The van der Waals surface area contributed by atoms with Crippen molar-refractivity contribution >= 4 is 11.7 Å². The van der Waals surface area contributed by atoms with E-state index in [1.54, 1.807) is 12.4 Å². The number of rotatable bonds is 5. The van der Waals surface area contributed by atoms with Crippen LogP contribution in [0.15, 0.2) is 12.4 Å². The van der Waals surface area contributed by atoms with Crippen LogP contribution in [0.1, 0.15) is 50.0 Å². The maximum atomic E-state index is 12.4. The van der Waals surface area contributed by atoms with E-state index in [1.807, 2.05) is 11.9 Å². The fourth-order valence-electron chi connectivity index (χ4n) is 2.51. The predicted octanol–water partition coefficient (Wildman–Crippen LogP) is 2.59. The summed E-state index contributed by atoms with van der Waals surface area (Å²) in [5.74, 6) is 1.55. The Morgan fingerprint density at radius 1 is 1.33 bits per heavy atom. The van der Waals surface area contributed by atoms with Gasteiger partial charge in [-0.25, -0.2) is 9.97 Å². The van der Waals surface area contributed by atoms with Gasteiger partial charge in [0.15, 0.2) is 0 Å². The van der Waals surface area contributed by atoms with E-state index in [2.05, 4.69) is 28.7 Å². The van der Waals surface area contributed by atoms with Crippen LogP contribution in [0.25, 0.3) is 0 Å². The zero-order valence-electron chi connectivity index (χ0n) is 13.4. The Morgan fingerprint density at radius 2 is 2.05 bits per heavy atom. The van der Waals surface area contributed by atoms with Crippen LogP contribution in [-0.2, 0) is 0 Å². The first-order valence-electron chi connectivity index (χ1n) is 7.94. The van der Waals surface area contributed by atoms with Gasteiger partial charge in [0, 0.05) is 26.7 Å². The summed E-state index contributed by atoms with van der Waals surface area (Å²) in [5, 5.41) is 0. The van der Waals surface area contributed by atoms with Gasteiger partial charge in [-0.3, -0.25) is 4.79 Å². The molecule has 0 saturated carbocycles. The molecule has 0 unspecified atom stereocenters. The zero-order valence-corrected chi connectivity index (χ0v) is 13.4. The van der Waals surface area contributed by atoms with Crippen LogP contribution in [-0.4, -0.2) is 47.5 Å². The number of nitrogens with zero attached hydrogens (tertiary/aromatic N) is 4. The quantitative estimate of drug-likeness (QED) is 0.836. The van der Waals surface area contributed by atoms with Crippen LogP contribution in [0.4, 0.5) is 5.82 Å². The maximum absolute atomic E-state index is 12.4. The molecule has 1 aliphatic rings. The first-order valence-corrected chi connectivity index (χ1v) is 7.94. The van der Waals surface area contributed by atoms with Gasteiger partial charge in [0.05, 0.1) is 12.4 Å². The molecule has 0 N–H and O–H groups in total. The molecule has 1 amide bonds. The molecule has 21 heavy (non-hydrogen) atoms. The van der Waals surface area contributed by atoms with Crippen LogP contribution in [0.5, 0.6) is 0 Å². The first kappa shape index (κ1) is 15.7. The smallest absolute Gasteiger partial charge is 0.274 e. The molecule has 0 aliphatic carbocycles. The van der Waals surface area contributed by atoms with Gasteiger partial charge in [0.1, 0.15) is 11.5 Å². The summed E-state index contributed by atoms with van der Waals surface area (Å²) in [6.45, 7) is 7.03. The van der Waals surface area contributed by atoms with E-state index in [0.29, 0.717) is 5.69 Å². The molecule has 1 saturated heterocycles. The molecule has 0 aromatic carbocycles. The third-order valence-electron chi connectivity index (χ3n) is 4.17. The van der Waals surface area contributed by atoms with E-state index in [1.165, 1.54) is 0 Å². The first-order chi connectivity index (χ1) is 10.1. The molecule has 5 heteroatoms. The molecule has 1 aromatic rings. The van der Waals surface area contributed by atoms with Crippen LogP contribution in [0.3, 0.4) is 0 Å². The van der Waals surface area contributed by atoms with Gasteiger partial charge >= 0.3 is 0 Å². The van der Waals surface area contributed by atoms with Gasteiger partial charge in [0.25, 0.3) is 5.91 Å². The van der Waals surface area contributed by atoms with E-state index in [4.69, 9.17) is 0 Å². The number of carbonyl (C=O) groups excluding carboxylic acids is 1. The van der Waals surface area contributed by atoms with Crippen LogP contribution in [0, 0.1) is 5.92 Å². The molecule has 0 radical (unpaired) electrons. The van der Waals surface area contributed by atoms with Crippen molar-refractivity contribution in [3.63, 3.8) is 0 Å². The van der Waals surface area contributed by atoms with E-state index < -0.39 is 0 Å². The largest absolute Gasteiger partial charge is 0.358 e. The molecule has 0 atom stereocenters. The van der Waals surface area contributed by atoms with E-state index in [0.717, 1.165) is 57.1 Å². The third kappa shape index (κ3) is 4.16. The van der Waals surface area contributed by atoms with Crippen LogP contribution in [0.2, 0.25) is 0 Å². The lowest BCUT2D eigenvalue weighted by atomic mass is 9.99. The van der Waals surface area contributed by atoms with E-state index >= 15 is 0 Å². The summed E-state index contributed by atoms with van der Waals surface area (Å²) < 4.78 is 0. The Hall–Kier alpha value is -1.65. The normalized spacial score (nSPS) is 16.0. The van der Waals surface area contributed by atoms with Crippen LogP contribution < -0.4 is 4.90 Å². The van der Waals surface area contributed by atoms with Gasteiger partial charge in [-0.1, -0.05) is 20.3 Å². The van der Waals surface area contributed by atoms with Crippen molar-refractivity contribution in [3.05, 3.63) is 18.1 Å². The highest BCUT2D eigenvalue weighted by atomic mass is 16.2. The summed E-state index contributed by atoms with van der Waals surface area (Å²) in [6, 6.07) is 0.